The van der Waals surface area contributed by atoms with Gasteiger partial charge < -0.3 is 21.0 Å². The zero-order chi connectivity index (χ0) is 12.8. The number of nitrogens with two attached hydrogens (primary N) is 1. The maximum Gasteiger partial charge on any atom is 0.237 e. The number of nitrogens with one attached hydrogen (secondary N) is 1. The lowest BCUT2D eigenvalue weighted by Crippen LogP contribution is -2.33. The predicted octanol–water partition coefficient (Wildman–Crippen LogP) is 1.42. The first kappa shape index (κ1) is 13.1. The third kappa shape index (κ3) is 3.82. The molecule has 0 aliphatic heterocycles. The molecule has 1 atom stereocenters. The summed E-state index contributed by atoms with van der Waals surface area (Å²) in [5.41, 5.74) is 6.20. The van der Waals surface area contributed by atoms with Gasteiger partial charge in [-0.1, -0.05) is 5.16 Å². The maximum absolute atomic E-state index is 8.57. The third-order valence-corrected chi connectivity index (χ3v) is 2.05. The van der Waals surface area contributed by atoms with Crippen LogP contribution >= 0.6 is 0 Å². The smallest absolute Gasteiger partial charge is 0.237 e. The Morgan fingerprint density at radius 2 is 2.24 bits per heavy atom. The fraction of sp³-hybridized carbons (Fsp3) is 0.455. The van der Waals surface area contributed by atoms with E-state index in [0.717, 1.165) is 0 Å². The Morgan fingerprint density at radius 3 is 2.82 bits per heavy atom. The van der Waals surface area contributed by atoms with Crippen LogP contribution in [-0.2, 0) is 0 Å². The summed E-state index contributed by atoms with van der Waals surface area (Å²) < 4.78 is 5.54. The van der Waals surface area contributed by atoms with Crippen LogP contribution in [0.5, 0.6) is 5.88 Å². The molecule has 0 bridgehead atoms. The monoisotopic (exact) mass is 238 g/mol. The van der Waals surface area contributed by atoms with Crippen molar-refractivity contribution in [3.63, 3.8) is 0 Å². The molecule has 6 heteroatoms. The van der Waals surface area contributed by atoms with E-state index in [1.807, 2.05) is 19.9 Å². The zero-order valence-electron chi connectivity index (χ0n) is 10.2. The van der Waals surface area contributed by atoms with Crippen LogP contribution in [0.2, 0.25) is 0 Å². The van der Waals surface area contributed by atoms with E-state index < -0.39 is 0 Å². The largest absolute Gasteiger partial charge is 0.473 e. The van der Waals surface area contributed by atoms with Crippen LogP contribution in [0.15, 0.2) is 23.5 Å². The molecule has 1 aromatic rings. The van der Waals surface area contributed by atoms with E-state index in [9.17, 15) is 0 Å². The lowest BCUT2D eigenvalue weighted by atomic mass is 10.3. The summed E-state index contributed by atoms with van der Waals surface area (Å²) in [6, 6.07) is 3.30. The molecule has 1 unspecified atom stereocenters. The molecule has 0 spiro atoms. The van der Waals surface area contributed by atoms with Crippen molar-refractivity contribution in [3.05, 3.63) is 18.3 Å². The second-order valence-corrected chi connectivity index (χ2v) is 3.91. The number of hydrogen-bond donors (Lipinski definition) is 3. The summed E-state index contributed by atoms with van der Waals surface area (Å²) in [5, 5.41) is 14.6. The van der Waals surface area contributed by atoms with Gasteiger partial charge in [-0.05, 0) is 32.9 Å². The Labute approximate surface area is 100 Å². The normalized spacial score (nSPS) is 13.5. The minimum absolute atomic E-state index is 0.0320. The minimum atomic E-state index is -0.307. The number of aromatic nitrogens is 1. The number of ether oxygens (including phenoxy) is 1. The zero-order valence-corrected chi connectivity index (χ0v) is 10.2. The molecule has 0 fully saturated rings. The lowest BCUT2D eigenvalue weighted by Gasteiger charge is -2.17. The van der Waals surface area contributed by atoms with Crippen molar-refractivity contribution >= 4 is 11.5 Å². The highest BCUT2D eigenvalue weighted by Crippen LogP contribution is 2.22. The topological polar surface area (TPSA) is 92.8 Å². The van der Waals surface area contributed by atoms with Gasteiger partial charge >= 0.3 is 0 Å². The fourth-order valence-electron chi connectivity index (χ4n) is 1.21. The molecule has 0 amide bonds. The van der Waals surface area contributed by atoms with Crippen LogP contribution in [0.3, 0.4) is 0 Å². The lowest BCUT2D eigenvalue weighted by molar-refractivity contribution is 0.234. The van der Waals surface area contributed by atoms with Crippen molar-refractivity contribution in [2.24, 2.45) is 10.9 Å². The summed E-state index contributed by atoms with van der Waals surface area (Å²) in [4.78, 5) is 4.13. The van der Waals surface area contributed by atoms with Crippen LogP contribution in [0.1, 0.15) is 20.8 Å². The number of hydrogen-bond acceptors (Lipinski definition) is 5. The van der Waals surface area contributed by atoms with Gasteiger partial charge in [-0.3, -0.25) is 0 Å². The number of pyridine rings is 1. The average molecular weight is 238 g/mol. The third-order valence-electron chi connectivity index (χ3n) is 2.05. The molecule has 0 saturated carbocycles. The summed E-state index contributed by atoms with van der Waals surface area (Å²) in [6.07, 6.45) is 1.68. The Kier molecular flexibility index (Phi) is 4.56. The van der Waals surface area contributed by atoms with Crippen LogP contribution in [0.4, 0.5) is 5.69 Å². The van der Waals surface area contributed by atoms with Crippen LogP contribution in [-0.4, -0.2) is 28.2 Å². The number of anilines is 1. The van der Waals surface area contributed by atoms with Gasteiger partial charge in [0.25, 0.3) is 0 Å². The summed E-state index contributed by atoms with van der Waals surface area (Å²) in [6.45, 7) is 5.62. The first-order valence-corrected chi connectivity index (χ1v) is 5.40. The van der Waals surface area contributed by atoms with Gasteiger partial charge in [0.05, 0.1) is 17.8 Å². The first-order valence-electron chi connectivity index (χ1n) is 5.40. The van der Waals surface area contributed by atoms with Gasteiger partial charge in [0.1, 0.15) is 0 Å². The molecule has 0 saturated heterocycles. The highest BCUT2D eigenvalue weighted by molar-refractivity contribution is 5.87. The molecule has 94 valence electrons. The van der Waals surface area contributed by atoms with Crippen LogP contribution in [0.25, 0.3) is 0 Å². The quantitative estimate of drug-likeness (QED) is 0.312. The summed E-state index contributed by atoms with van der Waals surface area (Å²) >= 11 is 0. The molecular weight excluding hydrogens is 220 g/mol. The van der Waals surface area contributed by atoms with Crippen molar-refractivity contribution in [1.29, 1.82) is 0 Å². The molecular formula is C11H18N4O2. The standard InChI is InChI=1S/C11H18N4O2/c1-7(2)17-11-9(5-4-6-13-11)14-8(3)10(12)15-16/h4-8,14,16H,1-3H3,(H2,12,15). The van der Waals surface area contributed by atoms with E-state index in [0.29, 0.717) is 11.6 Å². The number of oxime groups is 1. The highest BCUT2D eigenvalue weighted by Gasteiger charge is 2.12. The van der Waals surface area contributed by atoms with Gasteiger partial charge in [0.15, 0.2) is 5.84 Å². The highest BCUT2D eigenvalue weighted by atomic mass is 16.5. The Hall–Kier alpha value is -1.98. The Morgan fingerprint density at radius 1 is 1.53 bits per heavy atom. The Balaban J connectivity index is 2.83. The van der Waals surface area contributed by atoms with Crippen molar-refractivity contribution < 1.29 is 9.94 Å². The average Bonchev–Trinajstić information content (AvgIpc) is 2.29. The molecule has 0 aliphatic rings. The number of nitrogens with zero attached hydrogens (tertiary/aromatic N) is 2. The van der Waals surface area contributed by atoms with Gasteiger partial charge in [-0.15, -0.1) is 0 Å². The molecule has 4 N–H and O–H groups in total. The van der Waals surface area contributed by atoms with E-state index in [4.69, 9.17) is 15.7 Å². The molecule has 1 aromatic heterocycles. The molecule has 17 heavy (non-hydrogen) atoms. The van der Waals surface area contributed by atoms with E-state index in [2.05, 4.69) is 15.5 Å². The summed E-state index contributed by atoms with van der Waals surface area (Å²) in [7, 11) is 0. The molecule has 1 heterocycles. The first-order chi connectivity index (χ1) is 8.04. The van der Waals surface area contributed by atoms with Gasteiger partial charge in [-0.2, -0.15) is 0 Å². The molecule has 6 nitrogen and oxygen atoms in total. The van der Waals surface area contributed by atoms with E-state index in [1.54, 1.807) is 19.2 Å². The van der Waals surface area contributed by atoms with Crippen LogP contribution in [0, 0.1) is 0 Å². The molecule has 0 aliphatic carbocycles. The Bertz CT molecular complexity index is 393. The molecule has 0 radical (unpaired) electrons. The van der Waals surface area contributed by atoms with Gasteiger partial charge in [0, 0.05) is 6.20 Å². The van der Waals surface area contributed by atoms with Crippen molar-refractivity contribution in [2.75, 3.05) is 5.32 Å². The van der Waals surface area contributed by atoms with Gasteiger partial charge in [0.2, 0.25) is 5.88 Å². The second kappa shape index (κ2) is 5.93. The van der Waals surface area contributed by atoms with Crippen molar-refractivity contribution in [2.45, 2.75) is 32.9 Å². The van der Waals surface area contributed by atoms with E-state index >= 15 is 0 Å². The predicted molar refractivity (Wildman–Crippen MR) is 66.5 cm³/mol. The molecule has 0 aromatic carbocycles. The minimum Gasteiger partial charge on any atom is -0.473 e. The van der Waals surface area contributed by atoms with Crippen molar-refractivity contribution in [1.82, 2.24) is 4.98 Å². The van der Waals surface area contributed by atoms with E-state index in [-0.39, 0.29) is 18.0 Å². The summed E-state index contributed by atoms with van der Waals surface area (Å²) in [5.74, 6) is 0.601. The van der Waals surface area contributed by atoms with Crippen molar-refractivity contribution in [3.8, 4) is 5.88 Å². The molecule has 1 rings (SSSR count). The van der Waals surface area contributed by atoms with Gasteiger partial charge in [-0.25, -0.2) is 4.98 Å². The number of amidine groups is 1. The van der Waals surface area contributed by atoms with Crippen LogP contribution < -0.4 is 15.8 Å². The number of rotatable bonds is 5. The second-order valence-electron chi connectivity index (χ2n) is 3.91. The maximum atomic E-state index is 8.57. The fourth-order valence-corrected chi connectivity index (χ4v) is 1.21. The SMILES string of the molecule is CC(C)Oc1ncccc1NC(C)C(N)=NO. The van der Waals surface area contributed by atoms with E-state index in [1.165, 1.54) is 0 Å².